The van der Waals surface area contributed by atoms with Crippen molar-refractivity contribution in [1.82, 2.24) is 20.0 Å². The van der Waals surface area contributed by atoms with E-state index >= 15 is 0 Å². The Bertz CT molecular complexity index is 1600. The number of carbonyl (C=O) groups excluding carboxylic acids is 2. The van der Waals surface area contributed by atoms with Gasteiger partial charge in [-0.25, -0.2) is 9.80 Å². The highest BCUT2D eigenvalue weighted by Gasteiger charge is 2.19. The van der Waals surface area contributed by atoms with Crippen molar-refractivity contribution < 1.29 is 9.59 Å². The molecule has 34 heavy (non-hydrogen) atoms. The summed E-state index contributed by atoms with van der Waals surface area (Å²) in [6.07, 6.45) is 4.59. The predicted molar refractivity (Wildman–Crippen MR) is 130 cm³/mol. The highest BCUT2D eigenvalue weighted by molar-refractivity contribution is 7.08. The summed E-state index contributed by atoms with van der Waals surface area (Å²) in [6.45, 7) is 0.180. The summed E-state index contributed by atoms with van der Waals surface area (Å²) in [4.78, 5) is 52.4. The van der Waals surface area contributed by atoms with Crippen molar-refractivity contribution in [1.29, 1.82) is 0 Å². The lowest BCUT2D eigenvalue weighted by Crippen LogP contribution is -2.37. The molecule has 0 unspecified atom stereocenters. The van der Waals surface area contributed by atoms with Gasteiger partial charge >= 0.3 is 5.69 Å². The minimum Gasteiger partial charge on any atom is -0.298 e. The number of aromatic amines is 1. The van der Waals surface area contributed by atoms with Gasteiger partial charge in [0, 0.05) is 34.5 Å². The van der Waals surface area contributed by atoms with E-state index in [1.165, 1.54) is 33.3 Å². The van der Waals surface area contributed by atoms with E-state index < -0.39 is 11.2 Å². The molecule has 0 bridgehead atoms. The number of ketones is 1. The summed E-state index contributed by atoms with van der Waals surface area (Å²) in [5, 5.41) is 5.30. The zero-order chi connectivity index (χ0) is 23.7. The van der Waals surface area contributed by atoms with Crippen LogP contribution in [0.3, 0.4) is 0 Å². The van der Waals surface area contributed by atoms with Gasteiger partial charge < -0.3 is 0 Å². The van der Waals surface area contributed by atoms with E-state index in [9.17, 15) is 19.2 Å². The van der Waals surface area contributed by atoms with Crippen LogP contribution in [0.2, 0.25) is 0 Å². The van der Waals surface area contributed by atoms with Gasteiger partial charge in [0.1, 0.15) is 0 Å². The summed E-state index contributed by atoms with van der Waals surface area (Å²) < 4.78 is 1.46. The molecular formula is C25H18N4O4S. The number of thiophene rings is 1. The molecular weight excluding hydrogens is 452 g/mol. The maximum atomic E-state index is 13.0. The monoisotopic (exact) mass is 470 g/mol. The molecule has 8 nitrogen and oxygen atoms in total. The SMILES string of the molecule is O=C(C1=CNN(C(=O)c2cccc(Cn3c(=O)[nH]c(=O)c4ccccc43)c2)C=C1)c1ccsc1. The summed E-state index contributed by atoms with van der Waals surface area (Å²) in [6, 6.07) is 15.5. The van der Waals surface area contributed by atoms with Crippen LogP contribution in [0.4, 0.5) is 0 Å². The number of Topliss-reactive ketones (excluding diaryl/α,β-unsaturated/α-hetero) is 1. The van der Waals surface area contributed by atoms with Crippen LogP contribution in [0.15, 0.2) is 99.0 Å². The van der Waals surface area contributed by atoms with E-state index in [1.54, 1.807) is 66.1 Å². The fourth-order valence-corrected chi connectivity index (χ4v) is 4.37. The largest absolute Gasteiger partial charge is 0.329 e. The van der Waals surface area contributed by atoms with Crippen molar-refractivity contribution >= 4 is 33.9 Å². The molecule has 2 aromatic carbocycles. The van der Waals surface area contributed by atoms with Gasteiger partial charge in [-0.1, -0.05) is 24.3 Å². The van der Waals surface area contributed by atoms with Crippen molar-refractivity contribution in [3.63, 3.8) is 0 Å². The van der Waals surface area contributed by atoms with Gasteiger partial charge in [0.2, 0.25) is 0 Å². The number of H-pyrrole nitrogens is 1. The first-order valence-electron chi connectivity index (χ1n) is 10.4. The lowest BCUT2D eigenvalue weighted by atomic mass is 10.1. The molecule has 1 amide bonds. The van der Waals surface area contributed by atoms with Crippen molar-refractivity contribution in [3.05, 3.63) is 127 Å². The number of hydrazine groups is 1. The maximum Gasteiger partial charge on any atom is 0.329 e. The molecule has 2 aromatic heterocycles. The molecule has 0 saturated carbocycles. The molecule has 1 aliphatic rings. The third kappa shape index (κ3) is 4.00. The summed E-state index contributed by atoms with van der Waals surface area (Å²) in [7, 11) is 0. The van der Waals surface area contributed by atoms with Crippen LogP contribution in [-0.2, 0) is 6.54 Å². The molecule has 0 aliphatic carbocycles. The molecule has 0 spiro atoms. The van der Waals surface area contributed by atoms with Gasteiger partial charge in [-0.15, -0.1) is 0 Å². The van der Waals surface area contributed by atoms with Gasteiger partial charge in [-0.2, -0.15) is 11.3 Å². The number of nitrogens with zero attached hydrogens (tertiary/aromatic N) is 2. The summed E-state index contributed by atoms with van der Waals surface area (Å²) in [5.41, 5.74) is 4.56. The maximum absolute atomic E-state index is 13.0. The number of fused-ring (bicyclic) bond motifs is 1. The van der Waals surface area contributed by atoms with E-state index in [1.807, 2.05) is 5.38 Å². The normalized spacial score (nSPS) is 12.9. The molecule has 0 fully saturated rings. The van der Waals surface area contributed by atoms with Crippen molar-refractivity contribution in [3.8, 4) is 0 Å². The van der Waals surface area contributed by atoms with E-state index in [0.29, 0.717) is 27.6 Å². The zero-order valence-electron chi connectivity index (χ0n) is 17.7. The fourth-order valence-electron chi connectivity index (χ4n) is 3.74. The second kappa shape index (κ2) is 8.80. The number of hydrogen-bond donors (Lipinski definition) is 2. The first-order chi connectivity index (χ1) is 16.5. The first-order valence-corrected chi connectivity index (χ1v) is 11.3. The lowest BCUT2D eigenvalue weighted by Gasteiger charge is -2.22. The first kappa shape index (κ1) is 21.4. The van der Waals surface area contributed by atoms with Crippen molar-refractivity contribution in [2.24, 2.45) is 0 Å². The third-order valence-electron chi connectivity index (χ3n) is 5.45. The van der Waals surface area contributed by atoms with Crippen molar-refractivity contribution in [2.75, 3.05) is 0 Å². The second-order valence-electron chi connectivity index (χ2n) is 7.62. The van der Waals surface area contributed by atoms with Crippen LogP contribution in [0.25, 0.3) is 10.9 Å². The molecule has 2 N–H and O–H groups in total. The average Bonchev–Trinajstić information content (AvgIpc) is 3.41. The minimum absolute atomic E-state index is 0.127. The number of carbonyl (C=O) groups is 2. The molecule has 3 heterocycles. The number of allylic oxidation sites excluding steroid dienone is 2. The minimum atomic E-state index is -0.519. The van der Waals surface area contributed by atoms with Gasteiger partial charge in [0.15, 0.2) is 5.78 Å². The number of para-hydroxylation sites is 1. The quantitative estimate of drug-likeness (QED) is 0.437. The Morgan fingerprint density at radius 3 is 2.59 bits per heavy atom. The number of nitrogens with one attached hydrogen (secondary N) is 2. The van der Waals surface area contributed by atoms with Gasteiger partial charge in [-0.05, 0) is 47.4 Å². The Kier molecular flexibility index (Phi) is 5.52. The highest BCUT2D eigenvalue weighted by atomic mass is 32.1. The van der Waals surface area contributed by atoms with E-state index in [4.69, 9.17) is 0 Å². The molecule has 1 aliphatic heterocycles. The van der Waals surface area contributed by atoms with Crippen LogP contribution < -0.4 is 16.7 Å². The number of aromatic nitrogens is 2. The topological polar surface area (TPSA) is 104 Å². The van der Waals surface area contributed by atoms with E-state index in [0.717, 1.165) is 5.56 Å². The highest BCUT2D eigenvalue weighted by Crippen LogP contribution is 2.17. The third-order valence-corrected chi connectivity index (χ3v) is 6.13. The van der Waals surface area contributed by atoms with E-state index in [-0.39, 0.29) is 18.2 Å². The van der Waals surface area contributed by atoms with Crippen LogP contribution in [0.5, 0.6) is 0 Å². The number of hydrogen-bond acceptors (Lipinski definition) is 6. The molecule has 0 radical (unpaired) electrons. The van der Waals surface area contributed by atoms with E-state index in [2.05, 4.69) is 10.4 Å². The molecule has 168 valence electrons. The Labute approximate surface area is 197 Å². The Balaban J connectivity index is 1.37. The van der Waals surface area contributed by atoms with Gasteiger partial charge in [0.05, 0.1) is 17.4 Å². The molecule has 5 rings (SSSR count). The standard InChI is InChI=1S/C25H18N4O4S/c30-22(19-9-11-34-15-19)18-8-10-29(26-13-18)24(32)17-5-3-4-16(12-17)14-28-21-7-2-1-6-20(21)23(31)27-25(28)33/h1-13,15,26H,14H2,(H,27,31,33). The molecule has 9 heteroatoms. The Morgan fingerprint density at radius 2 is 1.82 bits per heavy atom. The summed E-state index contributed by atoms with van der Waals surface area (Å²) >= 11 is 1.44. The predicted octanol–water partition coefficient (Wildman–Crippen LogP) is 3.04. The number of amides is 1. The molecule has 0 saturated heterocycles. The lowest BCUT2D eigenvalue weighted by molar-refractivity contribution is 0.0776. The van der Waals surface area contributed by atoms with Crippen LogP contribution >= 0.6 is 11.3 Å². The van der Waals surface area contributed by atoms with Gasteiger partial charge in [-0.3, -0.25) is 29.4 Å². The zero-order valence-corrected chi connectivity index (χ0v) is 18.5. The van der Waals surface area contributed by atoms with Crippen molar-refractivity contribution in [2.45, 2.75) is 6.54 Å². The summed E-state index contributed by atoms with van der Waals surface area (Å²) in [5.74, 6) is -0.451. The average molecular weight is 471 g/mol. The smallest absolute Gasteiger partial charge is 0.298 e. The number of rotatable bonds is 5. The fraction of sp³-hybridized carbons (Fsp3) is 0.0400. The van der Waals surface area contributed by atoms with Crippen LogP contribution in [0.1, 0.15) is 26.3 Å². The van der Waals surface area contributed by atoms with Gasteiger partial charge in [0.25, 0.3) is 11.5 Å². The number of benzene rings is 2. The second-order valence-corrected chi connectivity index (χ2v) is 8.40. The van der Waals surface area contributed by atoms with Crippen LogP contribution in [-0.4, -0.2) is 26.3 Å². The van der Waals surface area contributed by atoms with Crippen LogP contribution in [0, 0.1) is 0 Å². The Hall–Kier alpha value is -4.50. The molecule has 4 aromatic rings. The Morgan fingerprint density at radius 1 is 0.971 bits per heavy atom. The molecule has 0 atom stereocenters.